The third-order valence-corrected chi connectivity index (χ3v) is 2.70. The molecule has 3 nitrogen and oxygen atoms in total. The lowest BCUT2D eigenvalue weighted by atomic mass is 10.2. The molecule has 0 aromatic heterocycles. The molecule has 1 aromatic carbocycles. The van der Waals surface area contributed by atoms with Gasteiger partial charge < -0.3 is 9.64 Å². The van der Waals surface area contributed by atoms with Gasteiger partial charge in [-0.1, -0.05) is 18.2 Å². The zero-order chi connectivity index (χ0) is 11.4. The monoisotopic (exact) mass is 218 g/mol. The van der Waals surface area contributed by atoms with Gasteiger partial charge in [0.1, 0.15) is 5.75 Å². The second kappa shape index (κ2) is 5.03. The lowest BCUT2D eigenvalue weighted by Gasteiger charge is -2.30. The van der Waals surface area contributed by atoms with Gasteiger partial charge in [-0.3, -0.25) is 4.90 Å². The van der Waals surface area contributed by atoms with Gasteiger partial charge in [0, 0.05) is 13.1 Å². The summed E-state index contributed by atoms with van der Waals surface area (Å²) in [6, 6.07) is 8.24. The van der Waals surface area contributed by atoms with Crippen LogP contribution in [0.3, 0.4) is 0 Å². The van der Waals surface area contributed by atoms with E-state index in [-0.39, 0.29) is 0 Å². The molecule has 1 aromatic rings. The van der Waals surface area contributed by atoms with Crippen LogP contribution in [-0.4, -0.2) is 37.2 Å². The van der Waals surface area contributed by atoms with Crippen LogP contribution in [0.25, 0.3) is 0 Å². The Morgan fingerprint density at radius 3 is 2.62 bits per heavy atom. The van der Waals surface area contributed by atoms with Crippen LogP contribution in [0.4, 0.5) is 0 Å². The van der Waals surface area contributed by atoms with Gasteiger partial charge in [-0.2, -0.15) is 0 Å². The topological polar surface area (TPSA) is 15.7 Å². The number of nitrogens with zero attached hydrogens (tertiary/aromatic N) is 2. The highest BCUT2D eigenvalue weighted by molar-refractivity contribution is 5.27. The molecular weight excluding hydrogens is 200 g/mol. The Bertz CT molecular complexity index is 359. The first-order valence-electron chi connectivity index (χ1n) is 5.50. The van der Waals surface area contributed by atoms with E-state index in [1.807, 2.05) is 12.1 Å². The Morgan fingerprint density at radius 1 is 1.25 bits per heavy atom. The molecule has 0 N–H and O–H groups in total. The summed E-state index contributed by atoms with van der Waals surface area (Å²) >= 11 is 0. The van der Waals surface area contributed by atoms with Gasteiger partial charge in [-0.15, -0.1) is 0 Å². The fourth-order valence-corrected chi connectivity index (χ4v) is 1.86. The van der Waals surface area contributed by atoms with Crippen LogP contribution in [0.15, 0.2) is 36.5 Å². The van der Waals surface area contributed by atoms with E-state index >= 15 is 0 Å². The Labute approximate surface area is 96.9 Å². The molecule has 0 spiro atoms. The van der Waals surface area contributed by atoms with Crippen molar-refractivity contribution in [3.63, 3.8) is 0 Å². The summed E-state index contributed by atoms with van der Waals surface area (Å²) in [7, 11) is 3.82. The van der Waals surface area contributed by atoms with Crippen molar-refractivity contribution in [2.75, 3.05) is 27.4 Å². The van der Waals surface area contributed by atoms with Crippen LogP contribution in [-0.2, 0) is 6.54 Å². The highest BCUT2D eigenvalue weighted by Crippen LogP contribution is 2.14. The van der Waals surface area contributed by atoms with Crippen molar-refractivity contribution in [2.24, 2.45) is 0 Å². The predicted octanol–water partition coefficient (Wildman–Crippen LogP) is 1.91. The van der Waals surface area contributed by atoms with Crippen molar-refractivity contribution in [1.29, 1.82) is 0 Å². The van der Waals surface area contributed by atoms with Crippen LogP contribution in [0.1, 0.15) is 5.56 Å². The average molecular weight is 218 g/mol. The molecule has 2 rings (SSSR count). The minimum Gasteiger partial charge on any atom is -0.497 e. The Kier molecular flexibility index (Phi) is 3.47. The van der Waals surface area contributed by atoms with Crippen molar-refractivity contribution < 1.29 is 4.74 Å². The third kappa shape index (κ3) is 2.76. The van der Waals surface area contributed by atoms with E-state index in [2.05, 4.69) is 41.3 Å². The molecule has 0 fully saturated rings. The predicted molar refractivity (Wildman–Crippen MR) is 65.2 cm³/mol. The molecule has 0 bridgehead atoms. The lowest BCUT2D eigenvalue weighted by molar-refractivity contribution is 0.195. The highest BCUT2D eigenvalue weighted by atomic mass is 16.5. The number of rotatable bonds is 3. The minimum atomic E-state index is 0.912. The fraction of sp³-hybridized carbons (Fsp3) is 0.385. The molecule has 16 heavy (non-hydrogen) atoms. The van der Waals surface area contributed by atoms with Crippen molar-refractivity contribution in [1.82, 2.24) is 9.80 Å². The summed E-state index contributed by atoms with van der Waals surface area (Å²) in [6.07, 6.45) is 4.36. The molecule has 3 heteroatoms. The molecule has 1 aliphatic rings. The van der Waals surface area contributed by atoms with Gasteiger partial charge in [0.25, 0.3) is 0 Å². The summed E-state index contributed by atoms with van der Waals surface area (Å²) in [5.74, 6) is 0.912. The standard InChI is InChI=1S/C13H18N2O/c1-14-8-3-9-15(11-14)10-12-4-6-13(16-2)7-5-12/h3-7,9H,8,10-11H2,1-2H3. The SMILES string of the molecule is COc1ccc(CN2C=CCN(C)C2)cc1. The molecular formula is C13H18N2O. The molecule has 1 aliphatic heterocycles. The average Bonchev–Trinajstić information content (AvgIpc) is 2.30. The van der Waals surface area contributed by atoms with Crippen LogP contribution in [0.5, 0.6) is 5.75 Å². The van der Waals surface area contributed by atoms with Crippen LogP contribution in [0, 0.1) is 0 Å². The van der Waals surface area contributed by atoms with Gasteiger partial charge in [0.05, 0.1) is 13.8 Å². The number of hydrogen-bond donors (Lipinski definition) is 0. The molecule has 86 valence electrons. The van der Waals surface area contributed by atoms with Crippen molar-refractivity contribution in [3.05, 3.63) is 42.1 Å². The van der Waals surface area contributed by atoms with Crippen molar-refractivity contribution in [2.45, 2.75) is 6.54 Å². The Balaban J connectivity index is 1.98. The van der Waals surface area contributed by atoms with Gasteiger partial charge in [0.2, 0.25) is 0 Å². The lowest BCUT2D eigenvalue weighted by Crippen LogP contribution is -2.35. The number of methoxy groups -OCH3 is 1. The van der Waals surface area contributed by atoms with Crippen molar-refractivity contribution in [3.8, 4) is 5.75 Å². The fourth-order valence-electron chi connectivity index (χ4n) is 1.86. The third-order valence-electron chi connectivity index (χ3n) is 2.70. The molecule has 0 radical (unpaired) electrons. The minimum absolute atomic E-state index is 0.912. The summed E-state index contributed by atoms with van der Waals surface area (Å²) in [4.78, 5) is 4.58. The molecule has 0 saturated carbocycles. The van der Waals surface area contributed by atoms with E-state index in [1.54, 1.807) is 7.11 Å². The molecule has 0 saturated heterocycles. The molecule has 1 heterocycles. The maximum atomic E-state index is 5.14. The first-order valence-corrected chi connectivity index (χ1v) is 5.50. The van der Waals surface area contributed by atoms with E-state index in [1.165, 1.54) is 5.56 Å². The van der Waals surface area contributed by atoms with E-state index in [9.17, 15) is 0 Å². The molecule has 0 aliphatic carbocycles. The van der Waals surface area contributed by atoms with Gasteiger partial charge in [0.15, 0.2) is 0 Å². The molecule has 0 atom stereocenters. The van der Waals surface area contributed by atoms with Crippen molar-refractivity contribution >= 4 is 0 Å². The van der Waals surface area contributed by atoms with Gasteiger partial charge >= 0.3 is 0 Å². The molecule has 0 amide bonds. The quantitative estimate of drug-likeness (QED) is 0.771. The van der Waals surface area contributed by atoms with Crippen LogP contribution in [0.2, 0.25) is 0 Å². The zero-order valence-corrected chi connectivity index (χ0v) is 9.89. The maximum absolute atomic E-state index is 5.14. The summed E-state index contributed by atoms with van der Waals surface area (Å²) in [5, 5.41) is 0. The Morgan fingerprint density at radius 2 is 2.00 bits per heavy atom. The summed E-state index contributed by atoms with van der Waals surface area (Å²) in [5.41, 5.74) is 1.31. The van der Waals surface area contributed by atoms with Gasteiger partial charge in [-0.05, 0) is 30.9 Å². The van der Waals surface area contributed by atoms with Crippen LogP contribution < -0.4 is 4.74 Å². The smallest absolute Gasteiger partial charge is 0.118 e. The number of hydrogen-bond acceptors (Lipinski definition) is 3. The summed E-state index contributed by atoms with van der Waals surface area (Å²) < 4.78 is 5.14. The second-order valence-corrected chi connectivity index (χ2v) is 4.16. The van der Waals surface area contributed by atoms with E-state index in [0.29, 0.717) is 0 Å². The van der Waals surface area contributed by atoms with Crippen LogP contribution >= 0.6 is 0 Å². The van der Waals surface area contributed by atoms with E-state index < -0.39 is 0 Å². The summed E-state index contributed by atoms with van der Waals surface area (Å²) in [6.45, 7) is 2.98. The number of ether oxygens (including phenoxy) is 1. The largest absolute Gasteiger partial charge is 0.497 e. The normalized spacial score (nSPS) is 16.5. The van der Waals surface area contributed by atoms with Gasteiger partial charge in [-0.25, -0.2) is 0 Å². The van der Waals surface area contributed by atoms with E-state index in [4.69, 9.17) is 4.74 Å². The molecule has 0 unspecified atom stereocenters. The highest BCUT2D eigenvalue weighted by Gasteiger charge is 2.08. The first kappa shape index (κ1) is 11.0. The zero-order valence-electron chi connectivity index (χ0n) is 9.89. The van der Waals surface area contributed by atoms with E-state index in [0.717, 1.165) is 25.5 Å². The maximum Gasteiger partial charge on any atom is 0.118 e. The Hall–Kier alpha value is -1.48. The number of benzene rings is 1. The number of likely N-dealkylation sites (N-methyl/N-ethyl adjacent to an activating group) is 1. The second-order valence-electron chi connectivity index (χ2n) is 4.16. The first-order chi connectivity index (χ1) is 7.78.